The van der Waals surface area contributed by atoms with Gasteiger partial charge in [-0.05, 0) is 54.5 Å². The summed E-state index contributed by atoms with van der Waals surface area (Å²) in [7, 11) is 0. The van der Waals surface area contributed by atoms with E-state index in [0.29, 0.717) is 17.0 Å². The van der Waals surface area contributed by atoms with Gasteiger partial charge in [-0.1, -0.05) is 83.3 Å². The van der Waals surface area contributed by atoms with Crippen molar-refractivity contribution in [1.29, 1.82) is 0 Å². The molecule has 1 saturated carbocycles. The predicted octanol–water partition coefficient (Wildman–Crippen LogP) is 8.96. The monoisotopic (exact) mass is 428 g/mol. The molecule has 3 heteroatoms. The van der Waals surface area contributed by atoms with E-state index in [1.54, 1.807) is 0 Å². The van der Waals surface area contributed by atoms with Crippen LogP contribution in [0.15, 0.2) is 42.5 Å². The van der Waals surface area contributed by atoms with E-state index in [0.717, 1.165) is 24.3 Å². The van der Waals surface area contributed by atoms with Crippen LogP contribution in [0, 0.1) is 23.5 Å². The van der Waals surface area contributed by atoms with E-state index in [4.69, 9.17) is 4.74 Å². The van der Waals surface area contributed by atoms with Gasteiger partial charge in [0.1, 0.15) is 17.4 Å². The van der Waals surface area contributed by atoms with Crippen molar-refractivity contribution in [2.75, 3.05) is 6.61 Å². The summed E-state index contributed by atoms with van der Waals surface area (Å²) in [5.41, 5.74) is 1.12. The van der Waals surface area contributed by atoms with Crippen molar-refractivity contribution in [2.45, 2.75) is 84.0 Å². The highest BCUT2D eigenvalue weighted by Gasteiger charge is 2.21. The van der Waals surface area contributed by atoms with Gasteiger partial charge in [-0.25, -0.2) is 8.78 Å². The van der Waals surface area contributed by atoms with Gasteiger partial charge in [0.05, 0.1) is 6.61 Å². The number of hydrogen-bond donors (Lipinski definition) is 0. The molecule has 1 aliphatic carbocycles. The molecule has 170 valence electrons. The van der Waals surface area contributed by atoms with Gasteiger partial charge in [-0.3, -0.25) is 0 Å². The van der Waals surface area contributed by atoms with E-state index in [2.05, 4.69) is 6.92 Å². The maximum atomic E-state index is 14.1. The molecular formula is C28H38F2O. The van der Waals surface area contributed by atoms with Crippen LogP contribution in [0.4, 0.5) is 8.78 Å². The lowest BCUT2D eigenvalue weighted by Gasteiger charge is -2.28. The molecule has 31 heavy (non-hydrogen) atoms. The molecule has 0 aromatic heterocycles. The molecule has 0 heterocycles. The number of rotatable bonds is 12. The van der Waals surface area contributed by atoms with Gasteiger partial charge in [0.25, 0.3) is 0 Å². The van der Waals surface area contributed by atoms with Crippen LogP contribution in [-0.2, 0) is 0 Å². The Morgan fingerprint density at radius 3 is 2.26 bits per heavy atom. The SMILES string of the molecule is CCCCCCCCCC1CCC(COc2cccc(-c3ccc(F)cc3F)c2)CC1. The summed E-state index contributed by atoms with van der Waals surface area (Å²) in [6, 6.07) is 11.2. The molecule has 0 atom stereocenters. The molecule has 0 bridgehead atoms. The largest absolute Gasteiger partial charge is 0.493 e. The zero-order chi connectivity index (χ0) is 21.9. The maximum Gasteiger partial charge on any atom is 0.133 e. The third-order valence-electron chi connectivity index (χ3n) is 6.74. The van der Waals surface area contributed by atoms with E-state index >= 15 is 0 Å². The van der Waals surface area contributed by atoms with Gasteiger partial charge in [-0.2, -0.15) is 0 Å². The second-order valence-corrected chi connectivity index (χ2v) is 9.26. The van der Waals surface area contributed by atoms with Crippen molar-refractivity contribution in [2.24, 2.45) is 11.8 Å². The summed E-state index contributed by atoms with van der Waals surface area (Å²) < 4.78 is 33.3. The first-order valence-electron chi connectivity index (χ1n) is 12.3. The Bertz CT molecular complexity index is 780. The van der Waals surface area contributed by atoms with Crippen LogP contribution in [-0.4, -0.2) is 6.61 Å². The van der Waals surface area contributed by atoms with Crippen LogP contribution in [0.1, 0.15) is 84.0 Å². The zero-order valence-electron chi connectivity index (χ0n) is 19.1. The number of benzene rings is 2. The number of ether oxygens (including phenoxy) is 1. The summed E-state index contributed by atoms with van der Waals surface area (Å²) >= 11 is 0. The zero-order valence-corrected chi connectivity index (χ0v) is 19.1. The molecule has 1 fully saturated rings. The summed E-state index contributed by atoms with van der Waals surface area (Å²) in [6.07, 6.45) is 16.3. The highest BCUT2D eigenvalue weighted by molar-refractivity contribution is 5.65. The lowest BCUT2D eigenvalue weighted by Crippen LogP contribution is -2.20. The van der Waals surface area contributed by atoms with Crippen LogP contribution < -0.4 is 4.74 Å². The van der Waals surface area contributed by atoms with E-state index < -0.39 is 11.6 Å². The van der Waals surface area contributed by atoms with Gasteiger partial charge in [-0.15, -0.1) is 0 Å². The predicted molar refractivity (Wildman–Crippen MR) is 125 cm³/mol. The molecule has 1 aliphatic rings. The third-order valence-corrected chi connectivity index (χ3v) is 6.74. The molecule has 1 nitrogen and oxygen atoms in total. The summed E-state index contributed by atoms with van der Waals surface area (Å²) in [6.45, 7) is 2.99. The fourth-order valence-electron chi connectivity index (χ4n) is 4.77. The molecule has 0 amide bonds. The second-order valence-electron chi connectivity index (χ2n) is 9.26. The molecule has 2 aromatic rings. The van der Waals surface area contributed by atoms with Gasteiger partial charge in [0.15, 0.2) is 0 Å². The standard InChI is InChI=1S/C28H38F2O/c1-2-3-4-5-6-7-8-10-22-13-15-23(16-14-22)21-31-26-12-9-11-24(19-26)27-18-17-25(29)20-28(27)30/h9,11-12,17-20,22-23H,2-8,10,13-16,21H2,1H3. The molecule has 0 radical (unpaired) electrons. The second kappa shape index (κ2) is 12.8. The first kappa shape index (κ1) is 23.8. The van der Waals surface area contributed by atoms with Gasteiger partial charge in [0.2, 0.25) is 0 Å². The number of hydrogen-bond acceptors (Lipinski definition) is 1. The Morgan fingerprint density at radius 2 is 1.52 bits per heavy atom. The van der Waals surface area contributed by atoms with Crippen LogP contribution in [0.2, 0.25) is 0 Å². The van der Waals surface area contributed by atoms with Crippen molar-refractivity contribution in [3.8, 4) is 16.9 Å². The van der Waals surface area contributed by atoms with Crippen LogP contribution in [0.3, 0.4) is 0 Å². The van der Waals surface area contributed by atoms with Gasteiger partial charge >= 0.3 is 0 Å². The van der Waals surface area contributed by atoms with Crippen molar-refractivity contribution >= 4 is 0 Å². The molecular weight excluding hydrogens is 390 g/mol. The van der Waals surface area contributed by atoms with E-state index in [9.17, 15) is 8.78 Å². The van der Waals surface area contributed by atoms with Crippen LogP contribution in [0.25, 0.3) is 11.1 Å². The Kier molecular flexibility index (Phi) is 9.84. The molecule has 0 unspecified atom stereocenters. The normalized spacial score (nSPS) is 18.8. The summed E-state index contributed by atoms with van der Waals surface area (Å²) in [5, 5.41) is 0. The first-order valence-corrected chi connectivity index (χ1v) is 12.3. The Labute approximate surface area is 187 Å². The number of halogens is 2. The lowest BCUT2D eigenvalue weighted by molar-refractivity contribution is 0.177. The van der Waals surface area contributed by atoms with Crippen LogP contribution in [0.5, 0.6) is 5.75 Å². The van der Waals surface area contributed by atoms with Crippen molar-refractivity contribution in [3.63, 3.8) is 0 Å². The highest BCUT2D eigenvalue weighted by atomic mass is 19.1. The Morgan fingerprint density at radius 1 is 0.806 bits per heavy atom. The number of unbranched alkanes of at least 4 members (excludes halogenated alkanes) is 6. The van der Waals surface area contributed by atoms with E-state index in [1.165, 1.54) is 89.2 Å². The minimum atomic E-state index is -0.559. The fraction of sp³-hybridized carbons (Fsp3) is 0.571. The van der Waals surface area contributed by atoms with E-state index in [-0.39, 0.29) is 0 Å². The highest BCUT2D eigenvalue weighted by Crippen LogP contribution is 2.33. The van der Waals surface area contributed by atoms with Crippen LogP contribution >= 0.6 is 0 Å². The van der Waals surface area contributed by atoms with Gasteiger partial charge < -0.3 is 4.74 Å². The lowest BCUT2D eigenvalue weighted by atomic mass is 9.80. The molecule has 0 aliphatic heterocycles. The smallest absolute Gasteiger partial charge is 0.133 e. The fourth-order valence-corrected chi connectivity index (χ4v) is 4.77. The molecule has 2 aromatic carbocycles. The topological polar surface area (TPSA) is 9.23 Å². The van der Waals surface area contributed by atoms with E-state index in [1.807, 2.05) is 24.3 Å². The average molecular weight is 429 g/mol. The van der Waals surface area contributed by atoms with Crippen molar-refractivity contribution < 1.29 is 13.5 Å². The molecule has 0 spiro atoms. The van der Waals surface area contributed by atoms with Gasteiger partial charge in [0, 0.05) is 11.6 Å². The average Bonchev–Trinajstić information content (AvgIpc) is 2.78. The first-order chi connectivity index (χ1) is 15.2. The molecule has 0 saturated heterocycles. The minimum Gasteiger partial charge on any atom is -0.493 e. The maximum absolute atomic E-state index is 14.1. The molecule has 0 N–H and O–H groups in total. The Balaban J connectivity index is 1.36. The minimum absolute atomic E-state index is 0.401. The molecule has 3 rings (SSSR count). The Hall–Kier alpha value is -1.90. The third kappa shape index (κ3) is 7.94. The van der Waals surface area contributed by atoms with Crippen molar-refractivity contribution in [1.82, 2.24) is 0 Å². The summed E-state index contributed by atoms with van der Waals surface area (Å²) in [5.74, 6) is 1.16. The summed E-state index contributed by atoms with van der Waals surface area (Å²) in [4.78, 5) is 0. The van der Waals surface area contributed by atoms with Crippen molar-refractivity contribution in [3.05, 3.63) is 54.1 Å². The quantitative estimate of drug-likeness (QED) is 0.307.